The highest BCUT2D eigenvalue weighted by molar-refractivity contribution is 7.88. The highest BCUT2D eigenvalue weighted by Crippen LogP contribution is 2.20. The Kier molecular flexibility index (Phi) is 6.43. The van der Waals surface area contributed by atoms with Crippen molar-refractivity contribution >= 4 is 27.3 Å². The van der Waals surface area contributed by atoms with Gasteiger partial charge < -0.3 is 5.32 Å². The van der Waals surface area contributed by atoms with Crippen LogP contribution in [0.5, 0.6) is 0 Å². The number of halogens is 1. The molecule has 2 aromatic carbocycles. The van der Waals surface area contributed by atoms with E-state index in [9.17, 15) is 8.42 Å². The van der Waals surface area contributed by atoms with Gasteiger partial charge >= 0.3 is 0 Å². The van der Waals surface area contributed by atoms with Gasteiger partial charge in [-0.05, 0) is 43.2 Å². The third kappa shape index (κ3) is 6.05. The lowest BCUT2D eigenvalue weighted by atomic mass is 10.1. The maximum atomic E-state index is 11.9. The van der Waals surface area contributed by atoms with Crippen molar-refractivity contribution in [1.29, 1.82) is 5.26 Å². The minimum absolute atomic E-state index is 0.0470. The van der Waals surface area contributed by atoms with Crippen molar-refractivity contribution < 1.29 is 8.42 Å². The minimum Gasteiger partial charge on any atom is -0.380 e. The number of hydrogen-bond acceptors (Lipinski definition) is 4. The van der Waals surface area contributed by atoms with Gasteiger partial charge in [-0.1, -0.05) is 35.9 Å². The second-order valence-electron chi connectivity index (χ2n) is 6.00. The van der Waals surface area contributed by atoms with Crippen LogP contribution in [0, 0.1) is 11.3 Å². The van der Waals surface area contributed by atoms with Gasteiger partial charge in [0.2, 0.25) is 10.0 Å². The van der Waals surface area contributed by atoms with Crippen molar-refractivity contribution in [2.45, 2.75) is 32.2 Å². The van der Waals surface area contributed by atoms with Crippen LogP contribution in [-0.4, -0.2) is 14.5 Å². The second-order valence-corrected chi connectivity index (χ2v) is 8.19. The summed E-state index contributed by atoms with van der Waals surface area (Å²) in [4.78, 5) is 0. The zero-order chi connectivity index (χ0) is 18.4. The van der Waals surface area contributed by atoms with Crippen LogP contribution in [0.4, 0.5) is 5.69 Å². The molecule has 2 rings (SSSR count). The van der Waals surface area contributed by atoms with E-state index in [0.29, 0.717) is 22.8 Å². The van der Waals surface area contributed by atoms with Crippen LogP contribution >= 0.6 is 11.6 Å². The van der Waals surface area contributed by atoms with Gasteiger partial charge in [0.05, 0.1) is 17.0 Å². The lowest BCUT2D eigenvalue weighted by Crippen LogP contribution is -2.31. The summed E-state index contributed by atoms with van der Waals surface area (Å²) in [6, 6.07) is 14.4. The second kappa shape index (κ2) is 8.34. The molecule has 7 heteroatoms. The first kappa shape index (κ1) is 19.3. The Bertz CT molecular complexity index is 872. The molecular formula is C18H20ClN3O2S. The molecule has 0 heterocycles. The number of hydrogen-bond donors (Lipinski definition) is 2. The van der Waals surface area contributed by atoms with Gasteiger partial charge in [0.1, 0.15) is 6.07 Å². The monoisotopic (exact) mass is 377 g/mol. The van der Waals surface area contributed by atoms with E-state index in [1.54, 1.807) is 44.2 Å². The zero-order valence-corrected chi connectivity index (χ0v) is 15.7. The average molecular weight is 378 g/mol. The summed E-state index contributed by atoms with van der Waals surface area (Å²) >= 11 is 5.88. The zero-order valence-electron chi connectivity index (χ0n) is 14.1. The van der Waals surface area contributed by atoms with Gasteiger partial charge in [-0.25, -0.2) is 13.1 Å². The topological polar surface area (TPSA) is 82.0 Å². The van der Waals surface area contributed by atoms with E-state index in [-0.39, 0.29) is 11.8 Å². The van der Waals surface area contributed by atoms with Crippen molar-refractivity contribution in [2.75, 3.05) is 5.32 Å². The Morgan fingerprint density at radius 1 is 1.12 bits per heavy atom. The highest BCUT2D eigenvalue weighted by Gasteiger charge is 2.12. The molecule has 0 fully saturated rings. The quantitative estimate of drug-likeness (QED) is 0.771. The molecule has 0 unspecified atom stereocenters. The number of nitrogens with one attached hydrogen (secondary N) is 2. The van der Waals surface area contributed by atoms with Gasteiger partial charge in [-0.3, -0.25) is 0 Å². The van der Waals surface area contributed by atoms with E-state index in [1.165, 1.54) is 0 Å². The number of rotatable bonds is 7. The molecular weight excluding hydrogens is 358 g/mol. The van der Waals surface area contributed by atoms with Crippen molar-refractivity contribution in [1.82, 2.24) is 4.72 Å². The summed E-state index contributed by atoms with van der Waals surface area (Å²) < 4.78 is 26.4. The molecule has 0 aliphatic carbocycles. The number of nitrogens with zero attached hydrogens (tertiary/aromatic N) is 1. The Hall–Kier alpha value is -2.07. The van der Waals surface area contributed by atoms with Crippen LogP contribution in [0.3, 0.4) is 0 Å². The van der Waals surface area contributed by atoms with E-state index < -0.39 is 10.0 Å². The van der Waals surface area contributed by atoms with Gasteiger partial charge in [-0.2, -0.15) is 5.26 Å². The molecule has 0 aliphatic heterocycles. The molecule has 0 aliphatic rings. The van der Waals surface area contributed by atoms with Crippen molar-refractivity contribution in [3.8, 4) is 6.07 Å². The van der Waals surface area contributed by atoms with E-state index >= 15 is 0 Å². The van der Waals surface area contributed by atoms with Gasteiger partial charge in [0.15, 0.2) is 0 Å². The SMILES string of the molecule is CC(C)NS(=O)(=O)Cc1ccc(CNc2ccc(Cl)cc2C#N)cc1. The van der Waals surface area contributed by atoms with Gasteiger partial charge in [0, 0.05) is 17.6 Å². The standard InChI is InChI=1S/C18H20ClN3O2S/c1-13(2)22-25(23,24)12-15-5-3-14(4-6-15)11-21-18-8-7-17(19)9-16(18)10-20/h3-9,13,21-22H,11-12H2,1-2H3. The summed E-state index contributed by atoms with van der Waals surface area (Å²) in [5, 5.41) is 12.8. The molecule has 132 valence electrons. The van der Waals surface area contributed by atoms with Crippen molar-refractivity contribution in [3.63, 3.8) is 0 Å². The number of nitriles is 1. The summed E-state index contributed by atoms with van der Waals surface area (Å²) in [7, 11) is -3.33. The first-order chi connectivity index (χ1) is 11.8. The summed E-state index contributed by atoms with van der Waals surface area (Å²) in [6.45, 7) is 4.10. The van der Waals surface area contributed by atoms with Crippen LogP contribution in [0.1, 0.15) is 30.5 Å². The molecule has 0 aromatic heterocycles. The normalized spacial score (nSPS) is 11.3. The van der Waals surface area contributed by atoms with E-state index in [0.717, 1.165) is 11.1 Å². The smallest absolute Gasteiger partial charge is 0.216 e. The largest absolute Gasteiger partial charge is 0.380 e. The Morgan fingerprint density at radius 2 is 1.76 bits per heavy atom. The number of benzene rings is 2. The average Bonchev–Trinajstić information content (AvgIpc) is 2.53. The summed E-state index contributed by atoms with van der Waals surface area (Å²) in [6.07, 6.45) is 0. The highest BCUT2D eigenvalue weighted by atomic mass is 35.5. The van der Waals surface area contributed by atoms with Crippen LogP contribution in [-0.2, 0) is 22.3 Å². The molecule has 0 atom stereocenters. The predicted octanol–water partition coefficient (Wildman–Crippen LogP) is 3.65. The summed E-state index contributed by atoms with van der Waals surface area (Å²) in [5.74, 6) is -0.0470. The molecule has 2 N–H and O–H groups in total. The van der Waals surface area contributed by atoms with E-state index in [2.05, 4.69) is 16.1 Å². The number of anilines is 1. The fourth-order valence-electron chi connectivity index (χ4n) is 2.33. The van der Waals surface area contributed by atoms with Crippen LogP contribution in [0.2, 0.25) is 5.02 Å². The van der Waals surface area contributed by atoms with Crippen LogP contribution < -0.4 is 10.0 Å². The fourth-order valence-corrected chi connectivity index (χ4v) is 3.94. The van der Waals surface area contributed by atoms with E-state index in [1.807, 2.05) is 12.1 Å². The maximum absolute atomic E-state index is 11.9. The lowest BCUT2D eigenvalue weighted by molar-refractivity contribution is 0.569. The lowest BCUT2D eigenvalue weighted by Gasteiger charge is -2.11. The Balaban J connectivity index is 2.01. The molecule has 0 bridgehead atoms. The fraction of sp³-hybridized carbons (Fsp3) is 0.278. The molecule has 25 heavy (non-hydrogen) atoms. The first-order valence-corrected chi connectivity index (χ1v) is 9.83. The molecule has 0 radical (unpaired) electrons. The minimum atomic E-state index is -3.33. The molecule has 2 aromatic rings. The molecule has 0 amide bonds. The van der Waals surface area contributed by atoms with Gasteiger partial charge in [-0.15, -0.1) is 0 Å². The van der Waals surface area contributed by atoms with Crippen LogP contribution in [0.15, 0.2) is 42.5 Å². The Morgan fingerprint density at radius 3 is 2.36 bits per heavy atom. The van der Waals surface area contributed by atoms with Crippen molar-refractivity contribution in [2.24, 2.45) is 0 Å². The van der Waals surface area contributed by atoms with E-state index in [4.69, 9.17) is 16.9 Å². The number of sulfonamides is 1. The molecule has 0 saturated heterocycles. The molecule has 0 saturated carbocycles. The van der Waals surface area contributed by atoms with Crippen molar-refractivity contribution in [3.05, 3.63) is 64.2 Å². The first-order valence-electron chi connectivity index (χ1n) is 7.80. The maximum Gasteiger partial charge on any atom is 0.216 e. The predicted molar refractivity (Wildman–Crippen MR) is 101 cm³/mol. The third-order valence-electron chi connectivity index (χ3n) is 3.38. The Labute approximate surface area is 153 Å². The van der Waals surface area contributed by atoms with Crippen LogP contribution in [0.25, 0.3) is 0 Å². The molecule has 5 nitrogen and oxygen atoms in total. The van der Waals surface area contributed by atoms with Gasteiger partial charge in [0.25, 0.3) is 0 Å². The summed E-state index contributed by atoms with van der Waals surface area (Å²) in [5.41, 5.74) is 2.90. The third-order valence-corrected chi connectivity index (χ3v) is 5.16. The molecule has 0 spiro atoms.